The third-order valence-electron chi connectivity index (χ3n) is 6.16. The number of nitrogens with one attached hydrogen (secondary N) is 1. The van der Waals surface area contributed by atoms with Gasteiger partial charge in [-0.05, 0) is 60.0 Å². The normalized spacial score (nSPS) is 11.7. The zero-order valence-electron chi connectivity index (χ0n) is 22.3. The van der Waals surface area contributed by atoms with Gasteiger partial charge < -0.3 is 14.6 Å². The van der Waals surface area contributed by atoms with Crippen molar-refractivity contribution in [3.8, 4) is 23.0 Å². The Hall–Kier alpha value is -3.97. The topological polar surface area (TPSA) is 146 Å². The van der Waals surface area contributed by atoms with E-state index in [1.165, 1.54) is 28.9 Å². The molecule has 2 aromatic heterocycles. The van der Waals surface area contributed by atoms with Crippen molar-refractivity contribution >= 4 is 37.7 Å². The molecular formula is C27H28BrN5O6S. The predicted molar refractivity (Wildman–Crippen MR) is 152 cm³/mol. The van der Waals surface area contributed by atoms with Crippen molar-refractivity contribution in [3.63, 3.8) is 0 Å². The average Bonchev–Trinajstić information content (AvgIpc) is 3.22. The molecule has 0 fully saturated rings. The standard InChI is InChI=1S/C27H28BrN5O6S/c1-17-5-7-18(8-6-17)22-23(32-40(36,37)21-11-9-19(10-12-21)27(2,3)25(34)35)33(4)31-24(22)38-13-14-39-26-29-15-20(28)16-30-26/h5-12,15-16,32H,13-14H2,1-4H3,(H,34,35). The number of aliphatic carboxylic acids is 1. The number of sulfonamides is 1. The third kappa shape index (κ3) is 6.42. The number of rotatable bonds is 11. The zero-order valence-corrected chi connectivity index (χ0v) is 24.7. The molecule has 0 radical (unpaired) electrons. The molecule has 0 saturated heterocycles. The fraction of sp³-hybridized carbons (Fsp3) is 0.259. The Morgan fingerprint density at radius 2 is 1.62 bits per heavy atom. The maximum atomic E-state index is 13.4. The van der Waals surface area contributed by atoms with Crippen molar-refractivity contribution in [2.45, 2.75) is 31.1 Å². The van der Waals surface area contributed by atoms with Crippen molar-refractivity contribution < 1.29 is 27.8 Å². The molecule has 13 heteroatoms. The zero-order chi connectivity index (χ0) is 29.1. The molecule has 2 heterocycles. The summed E-state index contributed by atoms with van der Waals surface area (Å²) in [5, 5.41) is 13.9. The van der Waals surface area contributed by atoms with Crippen LogP contribution in [0.4, 0.5) is 5.82 Å². The number of aromatic nitrogens is 4. The Morgan fingerprint density at radius 1 is 1.02 bits per heavy atom. The number of nitrogens with zero attached hydrogens (tertiary/aromatic N) is 4. The molecule has 0 aliphatic carbocycles. The van der Waals surface area contributed by atoms with Crippen LogP contribution < -0.4 is 14.2 Å². The van der Waals surface area contributed by atoms with E-state index in [9.17, 15) is 18.3 Å². The number of ether oxygens (including phenoxy) is 2. The maximum Gasteiger partial charge on any atom is 0.316 e. The van der Waals surface area contributed by atoms with E-state index in [-0.39, 0.29) is 35.8 Å². The van der Waals surface area contributed by atoms with Gasteiger partial charge in [-0.2, -0.15) is 0 Å². The Bertz CT molecular complexity index is 1600. The second kappa shape index (κ2) is 11.6. The van der Waals surface area contributed by atoms with Gasteiger partial charge in [0.2, 0.25) is 5.88 Å². The molecule has 0 bridgehead atoms. The highest BCUT2D eigenvalue weighted by molar-refractivity contribution is 9.10. The van der Waals surface area contributed by atoms with E-state index in [0.717, 1.165) is 10.0 Å². The molecular weight excluding hydrogens is 602 g/mol. The molecule has 0 spiro atoms. The highest BCUT2D eigenvalue weighted by atomic mass is 79.9. The van der Waals surface area contributed by atoms with Crippen molar-refractivity contribution in [2.75, 3.05) is 17.9 Å². The lowest BCUT2D eigenvalue weighted by Gasteiger charge is -2.20. The monoisotopic (exact) mass is 629 g/mol. The molecule has 0 unspecified atom stereocenters. The summed E-state index contributed by atoms with van der Waals surface area (Å²) in [6.45, 7) is 5.29. The summed E-state index contributed by atoms with van der Waals surface area (Å²) in [4.78, 5) is 19.7. The smallest absolute Gasteiger partial charge is 0.316 e. The van der Waals surface area contributed by atoms with Crippen LogP contribution in [0.25, 0.3) is 11.1 Å². The fourth-order valence-electron chi connectivity index (χ4n) is 3.70. The van der Waals surface area contributed by atoms with Crippen LogP contribution in [0.1, 0.15) is 25.0 Å². The lowest BCUT2D eigenvalue weighted by molar-refractivity contribution is -0.142. The molecule has 0 saturated carbocycles. The molecule has 0 atom stereocenters. The first-order chi connectivity index (χ1) is 18.9. The van der Waals surface area contributed by atoms with Crippen LogP contribution in [0.5, 0.6) is 11.9 Å². The van der Waals surface area contributed by atoms with E-state index in [1.807, 2.05) is 31.2 Å². The van der Waals surface area contributed by atoms with Crippen LogP contribution >= 0.6 is 15.9 Å². The maximum absolute atomic E-state index is 13.4. The van der Waals surface area contributed by atoms with Gasteiger partial charge in [0.05, 0.1) is 20.3 Å². The average molecular weight is 631 g/mol. The Morgan fingerprint density at radius 3 is 2.23 bits per heavy atom. The van der Waals surface area contributed by atoms with Crippen LogP contribution in [0.3, 0.4) is 0 Å². The summed E-state index contributed by atoms with van der Waals surface area (Å²) in [5.74, 6) is -0.602. The predicted octanol–water partition coefficient (Wildman–Crippen LogP) is 4.57. The number of benzene rings is 2. The summed E-state index contributed by atoms with van der Waals surface area (Å²) in [6.07, 6.45) is 3.13. The van der Waals surface area contributed by atoms with Gasteiger partial charge in [-0.25, -0.2) is 23.1 Å². The van der Waals surface area contributed by atoms with E-state index >= 15 is 0 Å². The second-order valence-electron chi connectivity index (χ2n) is 9.46. The van der Waals surface area contributed by atoms with Crippen LogP contribution in [-0.4, -0.2) is 52.5 Å². The number of carboxylic acids is 1. The molecule has 210 valence electrons. The molecule has 2 N–H and O–H groups in total. The molecule has 0 amide bonds. The van der Waals surface area contributed by atoms with Crippen molar-refractivity contribution in [2.24, 2.45) is 7.05 Å². The van der Waals surface area contributed by atoms with E-state index in [0.29, 0.717) is 16.7 Å². The first kappa shape index (κ1) is 29.0. The fourth-order valence-corrected chi connectivity index (χ4v) is 5.01. The minimum absolute atomic E-state index is 0.0288. The van der Waals surface area contributed by atoms with E-state index in [4.69, 9.17) is 9.47 Å². The lowest BCUT2D eigenvalue weighted by Crippen LogP contribution is -2.28. The number of hydrogen-bond donors (Lipinski definition) is 2. The molecule has 4 aromatic rings. The van der Waals surface area contributed by atoms with E-state index in [1.54, 1.807) is 33.3 Å². The summed E-state index contributed by atoms with van der Waals surface area (Å²) in [7, 11) is -2.46. The highest BCUT2D eigenvalue weighted by Gasteiger charge is 2.30. The number of aryl methyl sites for hydroxylation is 2. The summed E-state index contributed by atoms with van der Waals surface area (Å²) in [5.41, 5.74) is 1.49. The van der Waals surface area contributed by atoms with Gasteiger partial charge in [0.25, 0.3) is 10.0 Å². The molecule has 0 aliphatic heterocycles. The quantitative estimate of drug-likeness (QED) is 0.228. The van der Waals surface area contributed by atoms with Gasteiger partial charge in [0, 0.05) is 19.4 Å². The third-order valence-corrected chi connectivity index (χ3v) is 7.92. The number of carboxylic acid groups (broad SMARTS) is 1. The number of carbonyl (C=O) groups is 1. The molecule has 4 rings (SSSR count). The number of hydrogen-bond acceptors (Lipinski definition) is 8. The molecule has 40 heavy (non-hydrogen) atoms. The van der Waals surface area contributed by atoms with Gasteiger partial charge in [-0.15, -0.1) is 5.10 Å². The van der Waals surface area contributed by atoms with Gasteiger partial charge >= 0.3 is 12.0 Å². The van der Waals surface area contributed by atoms with Gasteiger partial charge in [-0.3, -0.25) is 9.52 Å². The minimum Gasteiger partial charge on any atom is -0.481 e. The Balaban J connectivity index is 1.60. The number of halogens is 1. The summed E-state index contributed by atoms with van der Waals surface area (Å²) < 4.78 is 43.0. The van der Waals surface area contributed by atoms with Crippen LogP contribution in [0, 0.1) is 6.92 Å². The van der Waals surface area contributed by atoms with E-state index in [2.05, 4.69) is 35.7 Å². The van der Waals surface area contributed by atoms with Crippen LogP contribution in [0.2, 0.25) is 0 Å². The van der Waals surface area contributed by atoms with Crippen LogP contribution in [-0.2, 0) is 27.3 Å². The molecule has 11 nitrogen and oxygen atoms in total. The van der Waals surface area contributed by atoms with E-state index < -0.39 is 21.4 Å². The van der Waals surface area contributed by atoms with Gasteiger partial charge in [-0.1, -0.05) is 42.0 Å². The van der Waals surface area contributed by atoms with Crippen molar-refractivity contribution in [1.82, 2.24) is 19.7 Å². The van der Waals surface area contributed by atoms with Gasteiger partial charge in [0.15, 0.2) is 0 Å². The minimum atomic E-state index is -4.07. The first-order valence-corrected chi connectivity index (χ1v) is 14.4. The highest BCUT2D eigenvalue weighted by Crippen LogP contribution is 2.38. The Kier molecular flexibility index (Phi) is 8.45. The largest absolute Gasteiger partial charge is 0.481 e. The van der Waals surface area contributed by atoms with Crippen LogP contribution in [0.15, 0.2) is 70.3 Å². The lowest BCUT2D eigenvalue weighted by atomic mass is 9.85. The Labute approximate surface area is 240 Å². The molecule has 0 aliphatic rings. The first-order valence-electron chi connectivity index (χ1n) is 12.1. The SMILES string of the molecule is Cc1ccc(-c2c(OCCOc3ncc(Br)cn3)nn(C)c2NS(=O)(=O)c2ccc(C(C)(C)C(=O)O)cc2)cc1. The second-order valence-corrected chi connectivity index (χ2v) is 12.1. The van der Waals surface area contributed by atoms with Gasteiger partial charge in [0.1, 0.15) is 19.0 Å². The molecule has 2 aromatic carbocycles. The van der Waals surface area contributed by atoms with Crippen molar-refractivity contribution in [3.05, 3.63) is 76.5 Å². The summed E-state index contributed by atoms with van der Waals surface area (Å²) >= 11 is 3.27. The number of anilines is 1. The van der Waals surface area contributed by atoms with Crippen molar-refractivity contribution in [1.29, 1.82) is 0 Å². The summed E-state index contributed by atoms with van der Waals surface area (Å²) in [6, 6.07) is 13.5.